The third-order valence-electron chi connectivity index (χ3n) is 2.23. The fourth-order valence-electron chi connectivity index (χ4n) is 1.39. The summed E-state index contributed by atoms with van der Waals surface area (Å²) in [6.45, 7) is 0.914. The number of halogens is 1. The maximum atomic E-state index is 5.12. The lowest BCUT2D eigenvalue weighted by atomic mass is 10.2. The monoisotopic (exact) mass is 285 g/mol. The first-order valence-electron chi connectivity index (χ1n) is 4.75. The van der Waals surface area contributed by atoms with Crippen molar-refractivity contribution < 1.29 is 4.74 Å². The third kappa shape index (κ3) is 2.55. The zero-order valence-corrected chi connectivity index (χ0v) is 10.8. The van der Waals surface area contributed by atoms with Gasteiger partial charge in [0.05, 0.1) is 18.7 Å². The molecule has 1 aromatic carbocycles. The molecule has 2 nitrogen and oxygen atoms in total. The van der Waals surface area contributed by atoms with Gasteiger partial charge < -0.3 is 4.74 Å². The van der Waals surface area contributed by atoms with Crippen LogP contribution < -0.4 is 4.74 Å². The molecule has 2 rings (SSSR count). The Hall–Kier alpha value is -0.480. The smallest absolute Gasteiger partial charge is 0.118 e. The molecule has 1 atom stereocenters. The normalized spacial score (nSPS) is 20.1. The molecular weight excluding hydrogens is 274 g/mol. The summed E-state index contributed by atoms with van der Waals surface area (Å²) in [5.74, 6) is 0.888. The van der Waals surface area contributed by atoms with Crippen LogP contribution in [-0.4, -0.2) is 29.3 Å². The van der Waals surface area contributed by atoms with Gasteiger partial charge in [0.1, 0.15) is 5.75 Å². The van der Waals surface area contributed by atoms with Crippen LogP contribution >= 0.6 is 27.7 Å². The molecule has 1 heterocycles. The minimum absolute atomic E-state index is 0.585. The molecule has 0 N–H and O–H groups in total. The van der Waals surface area contributed by atoms with E-state index in [4.69, 9.17) is 4.74 Å². The second-order valence-electron chi connectivity index (χ2n) is 3.27. The zero-order valence-electron chi connectivity index (χ0n) is 8.44. The molecule has 0 spiro atoms. The van der Waals surface area contributed by atoms with Crippen LogP contribution in [0, 0.1) is 0 Å². The van der Waals surface area contributed by atoms with Gasteiger partial charge >= 0.3 is 0 Å². The van der Waals surface area contributed by atoms with Crippen molar-refractivity contribution in [2.24, 2.45) is 4.99 Å². The SMILES string of the molecule is COc1ccc(C2=NC[C@@H](CBr)S2)cc1. The summed E-state index contributed by atoms with van der Waals surface area (Å²) in [7, 11) is 1.68. The highest BCUT2D eigenvalue weighted by Crippen LogP contribution is 2.27. The largest absolute Gasteiger partial charge is 0.497 e. The van der Waals surface area contributed by atoms with E-state index in [0.717, 1.165) is 22.7 Å². The second kappa shape index (κ2) is 5.03. The van der Waals surface area contributed by atoms with Crippen molar-refractivity contribution in [3.05, 3.63) is 29.8 Å². The molecule has 0 bridgehead atoms. The molecular formula is C11H12BrNOS. The third-order valence-corrected chi connectivity index (χ3v) is 4.67. The highest BCUT2D eigenvalue weighted by molar-refractivity contribution is 9.09. The van der Waals surface area contributed by atoms with E-state index in [1.807, 2.05) is 23.9 Å². The Labute approximate surface area is 102 Å². The molecule has 0 fully saturated rings. The van der Waals surface area contributed by atoms with E-state index in [2.05, 4.69) is 33.1 Å². The average Bonchev–Trinajstić information content (AvgIpc) is 2.78. The standard InChI is InChI=1S/C11H12BrNOS/c1-14-9-4-2-8(3-5-9)11-13-7-10(6-12)15-11/h2-5,10H,6-7H2,1H3/t10-/m1/s1. The Morgan fingerprint density at radius 3 is 2.73 bits per heavy atom. The first kappa shape index (κ1) is 11.0. The number of methoxy groups -OCH3 is 1. The molecule has 1 aromatic rings. The Morgan fingerprint density at radius 2 is 2.20 bits per heavy atom. The van der Waals surface area contributed by atoms with Crippen LogP contribution in [-0.2, 0) is 0 Å². The molecule has 0 aliphatic carbocycles. The summed E-state index contributed by atoms with van der Waals surface area (Å²) in [6.07, 6.45) is 0. The molecule has 1 aliphatic rings. The van der Waals surface area contributed by atoms with Gasteiger partial charge in [-0.15, -0.1) is 11.8 Å². The van der Waals surface area contributed by atoms with Crippen molar-refractivity contribution in [1.29, 1.82) is 0 Å². The van der Waals surface area contributed by atoms with E-state index < -0.39 is 0 Å². The van der Waals surface area contributed by atoms with Gasteiger partial charge in [-0.3, -0.25) is 4.99 Å². The summed E-state index contributed by atoms with van der Waals surface area (Å²) < 4.78 is 5.12. The van der Waals surface area contributed by atoms with Crippen molar-refractivity contribution in [2.75, 3.05) is 19.0 Å². The number of rotatable bonds is 3. The van der Waals surface area contributed by atoms with E-state index >= 15 is 0 Å². The fourth-order valence-corrected chi connectivity index (χ4v) is 2.94. The lowest BCUT2D eigenvalue weighted by Crippen LogP contribution is -2.03. The van der Waals surface area contributed by atoms with Gasteiger partial charge in [-0.25, -0.2) is 0 Å². The minimum Gasteiger partial charge on any atom is -0.497 e. The quantitative estimate of drug-likeness (QED) is 0.797. The van der Waals surface area contributed by atoms with Crippen LogP contribution in [0.4, 0.5) is 0 Å². The molecule has 1 aliphatic heterocycles. The van der Waals surface area contributed by atoms with Crippen molar-refractivity contribution >= 4 is 32.7 Å². The van der Waals surface area contributed by atoms with Crippen molar-refractivity contribution in [3.8, 4) is 5.75 Å². The average molecular weight is 286 g/mol. The number of alkyl halides is 1. The number of benzene rings is 1. The number of aliphatic imine (C=N–C) groups is 1. The van der Waals surface area contributed by atoms with E-state index in [9.17, 15) is 0 Å². The molecule has 0 saturated heterocycles. The first-order chi connectivity index (χ1) is 7.33. The Kier molecular flexibility index (Phi) is 3.70. The van der Waals surface area contributed by atoms with Gasteiger partial charge in [0, 0.05) is 16.1 Å². The van der Waals surface area contributed by atoms with Crippen LogP contribution in [0.1, 0.15) is 5.56 Å². The maximum absolute atomic E-state index is 5.12. The van der Waals surface area contributed by atoms with Crippen molar-refractivity contribution in [1.82, 2.24) is 0 Å². The van der Waals surface area contributed by atoms with Gasteiger partial charge in [-0.1, -0.05) is 15.9 Å². The van der Waals surface area contributed by atoms with Crippen LogP contribution in [0.2, 0.25) is 0 Å². The molecule has 0 radical (unpaired) electrons. The van der Waals surface area contributed by atoms with Crippen LogP contribution in [0.5, 0.6) is 5.75 Å². The number of hydrogen-bond acceptors (Lipinski definition) is 3. The topological polar surface area (TPSA) is 21.6 Å². The molecule has 80 valence electrons. The summed E-state index contributed by atoms with van der Waals surface area (Å²) in [4.78, 5) is 4.52. The summed E-state index contributed by atoms with van der Waals surface area (Å²) in [5, 5.41) is 2.73. The number of hydrogen-bond donors (Lipinski definition) is 0. The molecule has 0 amide bonds. The van der Waals surface area contributed by atoms with E-state index in [-0.39, 0.29) is 0 Å². The Balaban J connectivity index is 2.10. The molecule has 15 heavy (non-hydrogen) atoms. The summed E-state index contributed by atoms with van der Waals surface area (Å²) in [6, 6.07) is 8.06. The lowest BCUT2D eigenvalue weighted by Gasteiger charge is -2.04. The molecule has 0 saturated carbocycles. The van der Waals surface area contributed by atoms with Gasteiger partial charge in [0.25, 0.3) is 0 Å². The van der Waals surface area contributed by atoms with Gasteiger partial charge in [-0.2, -0.15) is 0 Å². The lowest BCUT2D eigenvalue weighted by molar-refractivity contribution is 0.415. The molecule has 0 aromatic heterocycles. The van der Waals surface area contributed by atoms with Crippen LogP contribution in [0.15, 0.2) is 29.3 Å². The van der Waals surface area contributed by atoms with Crippen molar-refractivity contribution in [3.63, 3.8) is 0 Å². The summed E-state index contributed by atoms with van der Waals surface area (Å²) in [5.41, 5.74) is 1.18. The maximum Gasteiger partial charge on any atom is 0.118 e. The van der Waals surface area contributed by atoms with Gasteiger partial charge in [0.2, 0.25) is 0 Å². The van der Waals surface area contributed by atoms with Crippen LogP contribution in [0.25, 0.3) is 0 Å². The predicted molar refractivity (Wildman–Crippen MR) is 69.6 cm³/mol. The second-order valence-corrected chi connectivity index (χ2v) is 5.21. The van der Waals surface area contributed by atoms with E-state index in [1.165, 1.54) is 5.56 Å². The number of nitrogens with zero attached hydrogens (tertiary/aromatic N) is 1. The zero-order chi connectivity index (χ0) is 10.7. The predicted octanol–water partition coefficient (Wildman–Crippen LogP) is 2.95. The van der Waals surface area contributed by atoms with Gasteiger partial charge in [-0.05, 0) is 24.3 Å². The van der Waals surface area contributed by atoms with Crippen LogP contribution in [0.3, 0.4) is 0 Å². The fraction of sp³-hybridized carbons (Fsp3) is 0.364. The highest BCUT2D eigenvalue weighted by atomic mass is 79.9. The molecule has 0 unspecified atom stereocenters. The summed E-state index contributed by atoms with van der Waals surface area (Å²) >= 11 is 5.32. The number of thioether (sulfide) groups is 1. The Bertz CT molecular complexity index is 363. The Morgan fingerprint density at radius 1 is 1.47 bits per heavy atom. The van der Waals surface area contributed by atoms with Gasteiger partial charge in [0.15, 0.2) is 0 Å². The first-order valence-corrected chi connectivity index (χ1v) is 6.75. The minimum atomic E-state index is 0.585. The molecule has 4 heteroatoms. The highest BCUT2D eigenvalue weighted by Gasteiger charge is 2.19. The van der Waals surface area contributed by atoms with Crippen molar-refractivity contribution in [2.45, 2.75) is 5.25 Å². The van der Waals surface area contributed by atoms with E-state index in [1.54, 1.807) is 7.11 Å². The van der Waals surface area contributed by atoms with E-state index in [0.29, 0.717) is 5.25 Å². The number of ether oxygens (including phenoxy) is 1.